The van der Waals surface area contributed by atoms with Crippen LogP contribution in [-0.4, -0.2) is 16.1 Å². The molecule has 1 aliphatic heterocycles. The monoisotopic (exact) mass is 179 g/mol. The Bertz CT molecular complexity index is 341. The number of amides is 1. The van der Waals surface area contributed by atoms with E-state index in [4.69, 9.17) is 0 Å². The number of carbonyl (C=O) groups is 2. The average Bonchev–Trinajstić information content (AvgIpc) is 2.04. The van der Waals surface area contributed by atoms with E-state index in [0.29, 0.717) is 17.5 Å². The highest BCUT2D eigenvalue weighted by molar-refractivity contribution is 8.26. The molecular formula is C8H5NO2S. The van der Waals surface area contributed by atoms with E-state index in [9.17, 15) is 9.59 Å². The zero-order valence-electron chi connectivity index (χ0n) is 6.06. The average molecular weight is 179 g/mol. The molecule has 0 saturated carbocycles. The smallest absolute Gasteiger partial charge is 0.286 e. The first-order valence-electron chi connectivity index (χ1n) is 3.46. The first-order chi connectivity index (χ1) is 5.77. The molecular weight excluding hydrogens is 174 g/mol. The van der Waals surface area contributed by atoms with Crippen molar-refractivity contribution in [3.8, 4) is 0 Å². The van der Waals surface area contributed by atoms with E-state index in [-0.39, 0.29) is 11.0 Å². The molecule has 0 aromatic heterocycles. The van der Waals surface area contributed by atoms with Crippen molar-refractivity contribution < 1.29 is 9.59 Å². The summed E-state index contributed by atoms with van der Waals surface area (Å²) >= 11 is 0.676. The van der Waals surface area contributed by atoms with Crippen LogP contribution in [0.1, 0.15) is 0 Å². The third-order valence-electron chi connectivity index (χ3n) is 1.66. The lowest BCUT2D eigenvalue weighted by molar-refractivity contribution is -0.111. The fourth-order valence-corrected chi connectivity index (χ4v) is 1.76. The third-order valence-corrected chi connectivity index (χ3v) is 2.38. The molecule has 4 heteroatoms. The lowest BCUT2D eigenvalue weighted by atomic mass is 10.00. The van der Waals surface area contributed by atoms with Gasteiger partial charge in [0.25, 0.3) is 0 Å². The molecule has 2 rings (SSSR count). The van der Waals surface area contributed by atoms with E-state index in [1.165, 1.54) is 0 Å². The molecule has 1 heterocycles. The van der Waals surface area contributed by atoms with Crippen molar-refractivity contribution in [3.63, 3.8) is 0 Å². The van der Waals surface area contributed by atoms with Crippen LogP contribution in [-0.2, 0) is 4.79 Å². The minimum Gasteiger partial charge on any atom is -0.286 e. The van der Waals surface area contributed by atoms with Crippen LogP contribution in [0, 0.1) is 5.92 Å². The number of rotatable bonds is 0. The Kier molecular flexibility index (Phi) is 1.69. The molecule has 1 unspecified atom stereocenters. The van der Waals surface area contributed by atoms with Gasteiger partial charge in [-0.15, -0.1) is 0 Å². The summed E-state index contributed by atoms with van der Waals surface area (Å²) in [7, 11) is 0. The van der Waals surface area contributed by atoms with Crippen molar-refractivity contribution in [2.75, 3.05) is 0 Å². The summed E-state index contributed by atoms with van der Waals surface area (Å²) in [6.45, 7) is 0. The first kappa shape index (κ1) is 7.49. The molecule has 0 spiro atoms. The van der Waals surface area contributed by atoms with E-state index in [0.717, 1.165) is 0 Å². The standard InChI is InChI=1S/C8H5NO2S/c10-7-5-3-1-2-4-6(5)9-8(11)12-7/h1-5H. The second kappa shape index (κ2) is 2.71. The van der Waals surface area contributed by atoms with Crippen LogP contribution >= 0.6 is 11.8 Å². The maximum Gasteiger partial charge on any atom is 0.312 e. The number of thioether (sulfide) groups is 1. The Balaban J connectivity index is 2.43. The van der Waals surface area contributed by atoms with Crippen molar-refractivity contribution in [1.29, 1.82) is 0 Å². The molecule has 0 aromatic carbocycles. The minimum atomic E-state index is -0.411. The van der Waals surface area contributed by atoms with Gasteiger partial charge in [0.2, 0.25) is 5.12 Å². The molecule has 0 saturated heterocycles. The molecule has 1 amide bonds. The zero-order valence-corrected chi connectivity index (χ0v) is 6.88. The normalized spacial score (nSPS) is 27.0. The molecule has 1 atom stereocenters. The van der Waals surface area contributed by atoms with Crippen LogP contribution in [0.4, 0.5) is 4.79 Å². The molecule has 1 aliphatic carbocycles. The number of hydrogen-bond donors (Lipinski definition) is 0. The minimum absolute atomic E-state index is 0.134. The lowest BCUT2D eigenvalue weighted by Gasteiger charge is -2.16. The molecule has 0 fully saturated rings. The van der Waals surface area contributed by atoms with Crippen LogP contribution in [0.25, 0.3) is 0 Å². The molecule has 2 aliphatic rings. The van der Waals surface area contributed by atoms with E-state index >= 15 is 0 Å². The van der Waals surface area contributed by atoms with Gasteiger partial charge in [0.15, 0.2) is 0 Å². The molecule has 0 N–H and O–H groups in total. The zero-order chi connectivity index (χ0) is 8.55. The van der Waals surface area contributed by atoms with Gasteiger partial charge in [0.1, 0.15) is 0 Å². The van der Waals surface area contributed by atoms with Crippen LogP contribution < -0.4 is 0 Å². The predicted octanol–water partition coefficient (Wildman–Crippen LogP) is 1.56. The number of aliphatic imine (C=N–C) groups is 1. The number of allylic oxidation sites excluding steroid dienone is 4. The van der Waals surface area contributed by atoms with Crippen molar-refractivity contribution in [1.82, 2.24) is 0 Å². The van der Waals surface area contributed by atoms with E-state index in [2.05, 4.69) is 4.99 Å². The molecule has 12 heavy (non-hydrogen) atoms. The number of hydrogen-bond acceptors (Lipinski definition) is 3. The largest absolute Gasteiger partial charge is 0.312 e. The fraction of sp³-hybridized carbons (Fsp3) is 0.125. The highest BCUT2D eigenvalue weighted by Crippen LogP contribution is 2.24. The van der Waals surface area contributed by atoms with Crippen LogP contribution in [0.5, 0.6) is 0 Å². The Morgan fingerprint density at radius 1 is 1.33 bits per heavy atom. The second-order valence-corrected chi connectivity index (χ2v) is 3.40. The molecule has 60 valence electrons. The fourth-order valence-electron chi connectivity index (χ4n) is 1.12. The highest BCUT2D eigenvalue weighted by atomic mass is 32.2. The Morgan fingerprint density at radius 2 is 2.17 bits per heavy atom. The van der Waals surface area contributed by atoms with Gasteiger partial charge in [-0.2, -0.15) is 0 Å². The van der Waals surface area contributed by atoms with Crippen molar-refractivity contribution in [3.05, 3.63) is 24.3 Å². The van der Waals surface area contributed by atoms with Gasteiger partial charge in [0, 0.05) is 11.8 Å². The van der Waals surface area contributed by atoms with Gasteiger partial charge < -0.3 is 0 Å². The maximum absolute atomic E-state index is 11.2. The molecule has 0 aromatic rings. The van der Waals surface area contributed by atoms with E-state index in [1.54, 1.807) is 24.3 Å². The summed E-state index contributed by atoms with van der Waals surface area (Å²) in [5, 5.41) is -0.545. The Morgan fingerprint density at radius 3 is 3.00 bits per heavy atom. The van der Waals surface area contributed by atoms with Crippen LogP contribution in [0.3, 0.4) is 0 Å². The summed E-state index contributed by atoms with van der Waals surface area (Å²) in [4.78, 5) is 25.8. The Hall–Kier alpha value is -1.16. The molecule has 3 nitrogen and oxygen atoms in total. The van der Waals surface area contributed by atoms with Crippen LogP contribution in [0.15, 0.2) is 29.3 Å². The summed E-state index contributed by atoms with van der Waals surface area (Å²) in [5.74, 6) is -0.308. The first-order valence-corrected chi connectivity index (χ1v) is 4.28. The highest BCUT2D eigenvalue weighted by Gasteiger charge is 2.29. The summed E-state index contributed by atoms with van der Waals surface area (Å²) in [5.41, 5.74) is 0.561. The van der Waals surface area contributed by atoms with Crippen molar-refractivity contribution in [2.24, 2.45) is 10.9 Å². The second-order valence-electron chi connectivity index (χ2n) is 2.45. The SMILES string of the molecule is O=C1N=C2C=CC=CC2C(=O)S1. The maximum atomic E-state index is 11.2. The van der Waals surface area contributed by atoms with Gasteiger partial charge in [-0.05, 0) is 6.08 Å². The van der Waals surface area contributed by atoms with E-state index in [1.807, 2.05) is 0 Å². The summed E-state index contributed by atoms with van der Waals surface area (Å²) < 4.78 is 0. The number of fused-ring (bicyclic) bond motifs is 1. The summed E-state index contributed by atoms with van der Waals surface area (Å²) in [6.07, 6.45) is 7.00. The van der Waals surface area contributed by atoms with Gasteiger partial charge >= 0.3 is 5.24 Å². The van der Waals surface area contributed by atoms with Crippen molar-refractivity contribution in [2.45, 2.75) is 0 Å². The van der Waals surface area contributed by atoms with Gasteiger partial charge in [-0.1, -0.05) is 18.2 Å². The predicted molar refractivity (Wildman–Crippen MR) is 47.2 cm³/mol. The van der Waals surface area contributed by atoms with Gasteiger partial charge in [-0.25, -0.2) is 4.99 Å². The van der Waals surface area contributed by atoms with Crippen molar-refractivity contribution >= 4 is 27.8 Å². The van der Waals surface area contributed by atoms with E-state index < -0.39 is 5.24 Å². The third kappa shape index (κ3) is 1.14. The van der Waals surface area contributed by atoms with Gasteiger partial charge in [0.05, 0.1) is 11.6 Å². The topological polar surface area (TPSA) is 46.5 Å². The van der Waals surface area contributed by atoms with Crippen LogP contribution in [0.2, 0.25) is 0 Å². The lowest BCUT2D eigenvalue weighted by Crippen LogP contribution is -2.25. The summed E-state index contributed by atoms with van der Waals surface area (Å²) in [6, 6.07) is 0. The molecule has 0 bridgehead atoms. The quantitative estimate of drug-likeness (QED) is 0.567. The number of nitrogens with zero attached hydrogens (tertiary/aromatic N) is 1. The molecule has 0 radical (unpaired) electrons. The number of carbonyl (C=O) groups excluding carboxylic acids is 2. The Labute approximate surface area is 73.2 Å². The van der Waals surface area contributed by atoms with Gasteiger partial charge in [-0.3, -0.25) is 9.59 Å².